The fourth-order valence-electron chi connectivity index (χ4n) is 3.67. The van der Waals surface area contributed by atoms with E-state index in [1.807, 2.05) is 5.32 Å². The van der Waals surface area contributed by atoms with Crippen molar-refractivity contribution in [2.75, 3.05) is 11.5 Å². The highest BCUT2D eigenvalue weighted by Crippen LogP contribution is 2.37. The molecule has 0 heterocycles. The molecule has 2 atom stereocenters. The van der Waals surface area contributed by atoms with Gasteiger partial charge in [-0.25, -0.2) is 30.4 Å². The van der Waals surface area contributed by atoms with Crippen LogP contribution >= 0.6 is 0 Å². The molecule has 0 saturated heterocycles. The van der Waals surface area contributed by atoms with Gasteiger partial charge in [-0.05, 0) is 42.3 Å². The normalized spacial score (nSPS) is 14.8. The van der Waals surface area contributed by atoms with E-state index < -0.39 is 97.2 Å². The summed E-state index contributed by atoms with van der Waals surface area (Å²) < 4.78 is 170. The van der Waals surface area contributed by atoms with Crippen LogP contribution in [-0.4, -0.2) is 44.0 Å². The minimum atomic E-state index is -5.21. The number of sulfone groups is 1. The monoisotopic (exact) mass is 611 g/mol. The highest BCUT2D eigenvalue weighted by atomic mass is 32.2. The molecular weight excluding hydrogens is 591 g/mol. The summed E-state index contributed by atoms with van der Waals surface area (Å²) in [6.07, 6.45) is -8.92. The maximum atomic E-state index is 14.2. The second-order valence-corrected chi connectivity index (χ2v) is 11.0. The fourth-order valence-corrected chi connectivity index (χ4v) is 5.13. The van der Waals surface area contributed by atoms with E-state index in [1.165, 1.54) is 0 Å². The Hall–Kier alpha value is -3.17. The number of benzene rings is 2. The third kappa shape index (κ3) is 9.20. The molecule has 222 valence electrons. The molecular formula is C24H20F11NO3S. The third-order valence-electron chi connectivity index (χ3n) is 5.25. The first-order chi connectivity index (χ1) is 18.0. The largest absolute Gasteiger partial charge is 0.417 e. The van der Waals surface area contributed by atoms with E-state index >= 15 is 0 Å². The first-order valence-corrected chi connectivity index (χ1v) is 12.8. The van der Waals surface area contributed by atoms with Crippen LogP contribution in [0, 0.1) is 17.5 Å². The van der Waals surface area contributed by atoms with Crippen molar-refractivity contribution in [3.63, 3.8) is 0 Å². The maximum absolute atomic E-state index is 14.2. The highest BCUT2D eigenvalue weighted by molar-refractivity contribution is 7.91. The molecule has 0 aromatic heterocycles. The molecule has 16 heteroatoms. The maximum Gasteiger partial charge on any atom is 0.417 e. The van der Waals surface area contributed by atoms with Crippen molar-refractivity contribution < 1.29 is 61.5 Å². The van der Waals surface area contributed by atoms with Crippen LogP contribution in [0.25, 0.3) is 6.08 Å². The molecule has 0 bridgehead atoms. The summed E-state index contributed by atoms with van der Waals surface area (Å²) in [4.78, 5) is 12.4. The Balaban J connectivity index is 2.39. The van der Waals surface area contributed by atoms with Gasteiger partial charge in [0.25, 0.3) is 11.8 Å². The summed E-state index contributed by atoms with van der Waals surface area (Å²) in [7, 11) is -4.77. The average Bonchev–Trinajstić information content (AvgIpc) is 2.73. The van der Waals surface area contributed by atoms with Gasteiger partial charge in [0.05, 0.1) is 22.8 Å². The molecule has 2 aromatic carbocycles. The van der Waals surface area contributed by atoms with Gasteiger partial charge in [0.15, 0.2) is 27.3 Å². The Morgan fingerprint density at radius 1 is 0.950 bits per heavy atom. The lowest BCUT2D eigenvalue weighted by molar-refractivity contribution is -0.138. The lowest BCUT2D eigenvalue weighted by Crippen LogP contribution is -2.40. The van der Waals surface area contributed by atoms with E-state index in [4.69, 9.17) is 0 Å². The van der Waals surface area contributed by atoms with Crippen molar-refractivity contribution in [3.8, 4) is 0 Å². The van der Waals surface area contributed by atoms with Gasteiger partial charge in [-0.2, -0.15) is 26.3 Å². The summed E-state index contributed by atoms with van der Waals surface area (Å²) in [5.74, 6) is -16.2. The first-order valence-electron chi connectivity index (χ1n) is 11.0. The third-order valence-corrected chi connectivity index (χ3v) is 7.03. The van der Waals surface area contributed by atoms with Gasteiger partial charge < -0.3 is 5.32 Å². The smallest absolute Gasteiger partial charge is 0.349 e. The molecule has 40 heavy (non-hydrogen) atoms. The quantitative estimate of drug-likeness (QED) is 0.255. The Labute approximate surface area is 220 Å². The zero-order chi connectivity index (χ0) is 30.8. The van der Waals surface area contributed by atoms with Gasteiger partial charge in [0.2, 0.25) is 0 Å². The first kappa shape index (κ1) is 33.0. The topological polar surface area (TPSA) is 63.2 Å². The van der Waals surface area contributed by atoms with Crippen LogP contribution in [0.1, 0.15) is 46.8 Å². The number of carbonyl (C=O) groups excluding carboxylic acids is 1. The van der Waals surface area contributed by atoms with Crippen LogP contribution in [0.15, 0.2) is 36.4 Å². The van der Waals surface area contributed by atoms with E-state index in [0.717, 1.165) is 19.1 Å². The Morgan fingerprint density at radius 2 is 1.50 bits per heavy atom. The molecule has 0 aliphatic carbocycles. The van der Waals surface area contributed by atoms with Crippen LogP contribution in [0.5, 0.6) is 0 Å². The van der Waals surface area contributed by atoms with Crippen LogP contribution in [0.4, 0.5) is 48.3 Å². The van der Waals surface area contributed by atoms with Crippen molar-refractivity contribution in [3.05, 3.63) is 76.1 Å². The molecule has 0 aliphatic rings. The number of carbonyl (C=O) groups is 1. The Morgan fingerprint density at radius 3 is 1.98 bits per heavy atom. The number of hydrogen-bond donors (Lipinski definition) is 1. The van der Waals surface area contributed by atoms with Crippen LogP contribution in [0.3, 0.4) is 0 Å². The minimum absolute atomic E-state index is 0.301. The summed E-state index contributed by atoms with van der Waals surface area (Å²) in [6, 6.07) is 0.940. The van der Waals surface area contributed by atoms with Crippen LogP contribution < -0.4 is 5.32 Å². The molecule has 2 aromatic rings. The van der Waals surface area contributed by atoms with E-state index in [0.29, 0.717) is 37.3 Å². The highest BCUT2D eigenvalue weighted by Gasteiger charge is 2.38. The Kier molecular flexibility index (Phi) is 9.70. The Bertz CT molecular complexity index is 1350. The molecule has 0 fully saturated rings. The summed E-state index contributed by atoms with van der Waals surface area (Å²) in [5.41, 5.74) is -3.77. The fraction of sp³-hybridized carbons (Fsp3) is 0.375. The molecule has 0 spiro atoms. The molecule has 0 radical (unpaired) electrons. The zero-order valence-corrected chi connectivity index (χ0v) is 21.2. The number of halogens is 11. The van der Waals surface area contributed by atoms with Crippen molar-refractivity contribution in [2.24, 2.45) is 0 Å². The van der Waals surface area contributed by atoms with Gasteiger partial charge >= 0.3 is 12.4 Å². The standard InChI is InChI=1S/C24H20F11NO3S/c1-12(10-40(38,39)11-23(30,31)32)36-21(37)15-5-3-13(7-17(15)24(33,34)35)4-6-16(22(2,28)29)14-8-18(25)20(27)19(26)9-14/h3-9,12,16H,10-11H2,1-2H3,(H,36,37)/b6-4+. The van der Waals surface area contributed by atoms with Crippen LogP contribution in [0.2, 0.25) is 0 Å². The number of hydrogen-bond acceptors (Lipinski definition) is 3. The molecule has 4 nitrogen and oxygen atoms in total. The van der Waals surface area contributed by atoms with Gasteiger partial charge in [-0.15, -0.1) is 0 Å². The van der Waals surface area contributed by atoms with E-state index in [2.05, 4.69) is 0 Å². The van der Waals surface area contributed by atoms with E-state index in [1.54, 1.807) is 0 Å². The van der Waals surface area contributed by atoms with Crippen molar-refractivity contribution >= 4 is 21.8 Å². The van der Waals surface area contributed by atoms with Gasteiger partial charge in [-0.1, -0.05) is 18.2 Å². The molecule has 1 N–H and O–H groups in total. The minimum Gasteiger partial charge on any atom is -0.349 e. The number of amides is 1. The van der Waals surface area contributed by atoms with Gasteiger partial charge in [0.1, 0.15) is 5.75 Å². The van der Waals surface area contributed by atoms with Crippen molar-refractivity contribution in [2.45, 2.75) is 44.1 Å². The summed E-state index contributed by atoms with van der Waals surface area (Å²) in [6.45, 7) is 1.31. The summed E-state index contributed by atoms with van der Waals surface area (Å²) in [5, 5.41) is 1.87. The molecule has 2 unspecified atom stereocenters. The zero-order valence-electron chi connectivity index (χ0n) is 20.4. The van der Waals surface area contributed by atoms with Crippen molar-refractivity contribution in [1.29, 1.82) is 0 Å². The predicted octanol–water partition coefficient (Wildman–Crippen LogP) is 6.67. The molecule has 1 amide bonds. The SMILES string of the molecule is CC(CS(=O)(=O)CC(F)(F)F)NC(=O)c1ccc(/C=C/C(c2cc(F)c(F)c(F)c2)C(C)(F)F)cc1C(F)(F)F. The molecule has 0 saturated carbocycles. The number of nitrogens with one attached hydrogen (secondary N) is 1. The van der Waals surface area contributed by atoms with Crippen molar-refractivity contribution in [1.82, 2.24) is 5.32 Å². The number of alkyl halides is 8. The lowest BCUT2D eigenvalue weighted by Gasteiger charge is -2.21. The lowest BCUT2D eigenvalue weighted by atomic mass is 9.91. The van der Waals surface area contributed by atoms with Gasteiger partial charge in [-0.3, -0.25) is 4.79 Å². The predicted molar refractivity (Wildman–Crippen MR) is 122 cm³/mol. The van der Waals surface area contributed by atoms with E-state index in [-0.39, 0.29) is 0 Å². The average molecular weight is 611 g/mol. The number of allylic oxidation sites excluding steroid dienone is 1. The second-order valence-electron chi connectivity index (χ2n) is 8.94. The number of rotatable bonds is 9. The summed E-state index contributed by atoms with van der Waals surface area (Å²) >= 11 is 0. The van der Waals surface area contributed by atoms with E-state index in [9.17, 15) is 61.5 Å². The molecule has 2 rings (SSSR count). The van der Waals surface area contributed by atoms with Crippen LogP contribution in [-0.2, 0) is 16.0 Å². The second kappa shape index (κ2) is 11.7. The molecule has 0 aliphatic heterocycles. The van der Waals surface area contributed by atoms with Gasteiger partial charge in [0, 0.05) is 13.0 Å².